The predicted molar refractivity (Wildman–Crippen MR) is 63.3 cm³/mol. The molecule has 2 atom stereocenters. The van der Waals surface area contributed by atoms with Crippen LogP contribution >= 0.6 is 7.37 Å². The van der Waals surface area contributed by atoms with Crippen LogP contribution in [0, 0.1) is 5.41 Å². The molecule has 0 bridgehead atoms. The second-order valence-corrected chi connectivity index (χ2v) is 7.09. The third kappa shape index (κ3) is 2.69. The van der Waals surface area contributed by atoms with Gasteiger partial charge < -0.3 is 10.6 Å². The molecule has 0 aliphatic rings. The second-order valence-electron chi connectivity index (χ2n) is 4.77. The quantitative estimate of drug-likeness (QED) is 0.758. The lowest BCUT2D eigenvalue weighted by atomic mass is 9.97. The minimum absolute atomic E-state index is 0.389. The second kappa shape index (κ2) is 4.09. The van der Waals surface area contributed by atoms with Crippen molar-refractivity contribution in [1.29, 1.82) is 0 Å². The molecule has 0 aromatic heterocycles. The van der Waals surface area contributed by atoms with Crippen molar-refractivity contribution in [3.63, 3.8) is 0 Å². The molecule has 3 N–H and O–H groups in total. The van der Waals surface area contributed by atoms with E-state index < -0.39 is 13.2 Å². The van der Waals surface area contributed by atoms with Gasteiger partial charge in [0.05, 0.1) is 5.78 Å². The molecule has 0 saturated carbocycles. The van der Waals surface area contributed by atoms with Gasteiger partial charge in [0.15, 0.2) is 0 Å². The van der Waals surface area contributed by atoms with E-state index >= 15 is 0 Å². The van der Waals surface area contributed by atoms with Crippen LogP contribution in [-0.2, 0) is 4.57 Å². The van der Waals surface area contributed by atoms with Gasteiger partial charge in [0.2, 0.25) is 7.37 Å². The summed E-state index contributed by atoms with van der Waals surface area (Å²) in [6.45, 7) is 5.59. The fourth-order valence-electron chi connectivity index (χ4n) is 1.33. The fraction of sp³-hybridized carbons (Fsp3) is 0.455. The molecule has 0 fully saturated rings. The summed E-state index contributed by atoms with van der Waals surface area (Å²) >= 11 is 0. The van der Waals surface area contributed by atoms with Crippen LogP contribution in [0.3, 0.4) is 0 Å². The Labute approximate surface area is 90.8 Å². The molecule has 1 aromatic rings. The molecular formula is C11H18NO2P. The van der Waals surface area contributed by atoms with E-state index in [2.05, 4.69) is 0 Å². The van der Waals surface area contributed by atoms with Crippen molar-refractivity contribution < 1.29 is 9.46 Å². The maximum Gasteiger partial charge on any atom is 0.246 e. The Morgan fingerprint density at radius 3 is 2.13 bits per heavy atom. The average molecular weight is 227 g/mol. The average Bonchev–Trinajstić information content (AvgIpc) is 2.16. The molecule has 4 heteroatoms. The highest BCUT2D eigenvalue weighted by Gasteiger charge is 2.37. The van der Waals surface area contributed by atoms with Gasteiger partial charge in [-0.2, -0.15) is 0 Å². The Bertz CT molecular complexity index is 370. The summed E-state index contributed by atoms with van der Waals surface area (Å²) in [6.07, 6.45) is 0. The first kappa shape index (κ1) is 12.4. The number of hydrogen-bond donors (Lipinski definition) is 2. The van der Waals surface area contributed by atoms with Gasteiger partial charge in [-0.05, 0) is 17.5 Å². The Morgan fingerprint density at radius 1 is 1.27 bits per heavy atom. The summed E-state index contributed by atoms with van der Waals surface area (Å²) in [6, 6.07) is 8.59. The highest BCUT2D eigenvalue weighted by Crippen LogP contribution is 2.49. The molecular weight excluding hydrogens is 209 g/mol. The van der Waals surface area contributed by atoms with E-state index in [1.807, 2.05) is 26.8 Å². The van der Waals surface area contributed by atoms with Crippen molar-refractivity contribution >= 4 is 12.7 Å². The SMILES string of the molecule is CC(C)(C)C(N)P(=O)(O)c1ccccc1. The minimum Gasteiger partial charge on any atom is -0.340 e. The molecule has 0 radical (unpaired) electrons. The zero-order chi connectivity index (χ0) is 11.7. The third-order valence-electron chi connectivity index (χ3n) is 2.39. The van der Waals surface area contributed by atoms with E-state index in [9.17, 15) is 9.46 Å². The molecule has 0 aliphatic heterocycles. The molecule has 3 nitrogen and oxygen atoms in total. The first-order valence-corrected chi connectivity index (χ1v) is 6.63. The molecule has 0 saturated heterocycles. The summed E-state index contributed by atoms with van der Waals surface area (Å²) in [4.78, 5) is 10.0. The molecule has 2 unspecified atom stereocenters. The summed E-state index contributed by atoms with van der Waals surface area (Å²) < 4.78 is 12.2. The van der Waals surface area contributed by atoms with Crippen LogP contribution in [0.25, 0.3) is 0 Å². The molecule has 0 spiro atoms. The smallest absolute Gasteiger partial charge is 0.246 e. The van der Waals surface area contributed by atoms with Crippen molar-refractivity contribution in [1.82, 2.24) is 0 Å². The Kier molecular flexibility index (Phi) is 3.39. The van der Waals surface area contributed by atoms with Gasteiger partial charge in [-0.3, -0.25) is 4.57 Å². The minimum atomic E-state index is -3.48. The van der Waals surface area contributed by atoms with E-state index in [4.69, 9.17) is 5.73 Å². The van der Waals surface area contributed by atoms with Crippen LogP contribution in [0.4, 0.5) is 0 Å². The molecule has 1 rings (SSSR count). The molecule has 1 aromatic carbocycles. The summed E-state index contributed by atoms with van der Waals surface area (Å²) in [7, 11) is -3.48. The van der Waals surface area contributed by atoms with Gasteiger partial charge in [0.1, 0.15) is 0 Å². The van der Waals surface area contributed by atoms with E-state index in [0.717, 1.165) is 0 Å². The van der Waals surface area contributed by atoms with Gasteiger partial charge >= 0.3 is 0 Å². The van der Waals surface area contributed by atoms with Gasteiger partial charge in [-0.1, -0.05) is 39.0 Å². The zero-order valence-corrected chi connectivity index (χ0v) is 10.2. The zero-order valence-electron chi connectivity index (χ0n) is 9.34. The summed E-state index contributed by atoms with van der Waals surface area (Å²) in [5.41, 5.74) is 5.46. The van der Waals surface area contributed by atoms with E-state index in [1.165, 1.54) is 0 Å². The Morgan fingerprint density at radius 2 is 1.73 bits per heavy atom. The van der Waals surface area contributed by atoms with Crippen molar-refractivity contribution in [2.45, 2.75) is 26.6 Å². The topological polar surface area (TPSA) is 63.3 Å². The highest BCUT2D eigenvalue weighted by atomic mass is 31.2. The van der Waals surface area contributed by atoms with Gasteiger partial charge in [0, 0.05) is 5.30 Å². The van der Waals surface area contributed by atoms with E-state index in [1.54, 1.807) is 24.3 Å². The largest absolute Gasteiger partial charge is 0.340 e. The highest BCUT2D eigenvalue weighted by molar-refractivity contribution is 7.66. The lowest BCUT2D eigenvalue weighted by Crippen LogP contribution is -2.37. The monoisotopic (exact) mass is 227 g/mol. The first-order valence-electron chi connectivity index (χ1n) is 4.90. The van der Waals surface area contributed by atoms with Crippen LogP contribution < -0.4 is 11.0 Å². The van der Waals surface area contributed by atoms with E-state index in [-0.39, 0.29) is 5.41 Å². The standard InChI is InChI=1S/C11H18NO2P/c1-11(2,3)10(12)15(13,14)9-7-5-4-6-8-9/h4-8,10H,12H2,1-3H3,(H,13,14). The number of nitrogens with two attached hydrogens (primary N) is 1. The van der Waals surface area contributed by atoms with Gasteiger partial charge in [-0.15, -0.1) is 0 Å². The van der Waals surface area contributed by atoms with Crippen LogP contribution in [0.5, 0.6) is 0 Å². The molecule has 0 heterocycles. The number of rotatable bonds is 2. The Hall–Kier alpha value is -0.630. The maximum absolute atomic E-state index is 12.2. The predicted octanol–water partition coefficient (Wildman–Crippen LogP) is 1.91. The molecule has 0 amide bonds. The van der Waals surface area contributed by atoms with Gasteiger partial charge in [0.25, 0.3) is 0 Å². The van der Waals surface area contributed by atoms with Crippen LogP contribution in [0.1, 0.15) is 20.8 Å². The van der Waals surface area contributed by atoms with E-state index in [0.29, 0.717) is 5.30 Å². The van der Waals surface area contributed by atoms with Gasteiger partial charge in [-0.25, -0.2) is 0 Å². The van der Waals surface area contributed by atoms with Crippen molar-refractivity contribution in [2.75, 3.05) is 0 Å². The van der Waals surface area contributed by atoms with Crippen molar-refractivity contribution in [3.05, 3.63) is 30.3 Å². The normalized spacial score (nSPS) is 18.2. The maximum atomic E-state index is 12.2. The Balaban J connectivity index is 3.09. The molecule has 0 aliphatic carbocycles. The number of benzene rings is 1. The van der Waals surface area contributed by atoms with Crippen LogP contribution in [0.15, 0.2) is 30.3 Å². The van der Waals surface area contributed by atoms with Crippen molar-refractivity contribution in [3.8, 4) is 0 Å². The lowest BCUT2D eigenvalue weighted by Gasteiger charge is -2.30. The third-order valence-corrected chi connectivity index (χ3v) is 4.96. The molecule has 15 heavy (non-hydrogen) atoms. The fourth-order valence-corrected chi connectivity index (χ4v) is 3.30. The summed E-state index contributed by atoms with van der Waals surface area (Å²) in [5, 5.41) is 0.424. The number of hydrogen-bond acceptors (Lipinski definition) is 2. The first-order chi connectivity index (χ1) is 6.76. The van der Waals surface area contributed by atoms with Crippen LogP contribution in [0.2, 0.25) is 0 Å². The lowest BCUT2D eigenvalue weighted by molar-refractivity contribution is 0.357. The van der Waals surface area contributed by atoms with Crippen molar-refractivity contribution in [2.24, 2.45) is 11.1 Å². The summed E-state index contributed by atoms with van der Waals surface area (Å²) in [5.74, 6) is -0.743. The molecule has 84 valence electrons. The van der Waals surface area contributed by atoms with Crippen LogP contribution in [-0.4, -0.2) is 10.7 Å².